The third-order valence-corrected chi connectivity index (χ3v) is 3.72. The minimum atomic E-state index is -0.613. The second kappa shape index (κ2) is 7.38. The highest BCUT2D eigenvalue weighted by atomic mass is 32.2. The molecule has 1 unspecified atom stereocenters. The maximum absolute atomic E-state index is 11.5. The molecule has 102 valence electrons. The molecule has 1 aromatic heterocycles. The van der Waals surface area contributed by atoms with Crippen molar-refractivity contribution in [2.75, 3.05) is 12.3 Å². The molecule has 0 aliphatic heterocycles. The van der Waals surface area contributed by atoms with E-state index < -0.39 is 5.54 Å². The number of nitrogens with one attached hydrogen (secondary N) is 2. The van der Waals surface area contributed by atoms with Crippen molar-refractivity contribution in [2.45, 2.75) is 43.8 Å². The zero-order valence-corrected chi connectivity index (χ0v) is 11.7. The number of H-pyrrole nitrogens is 1. The lowest BCUT2D eigenvalue weighted by molar-refractivity contribution is -0.124. The number of aromatic amines is 1. The first-order chi connectivity index (χ1) is 8.58. The number of hydrogen-bond acceptors (Lipinski definition) is 5. The maximum atomic E-state index is 11.5. The quantitative estimate of drug-likeness (QED) is 0.458. The van der Waals surface area contributed by atoms with Gasteiger partial charge in [0.25, 0.3) is 0 Å². The fourth-order valence-corrected chi connectivity index (χ4v) is 2.28. The van der Waals surface area contributed by atoms with Crippen LogP contribution in [-0.2, 0) is 4.79 Å². The van der Waals surface area contributed by atoms with Crippen LogP contribution in [0.2, 0.25) is 0 Å². The topological polar surface area (TPSA) is 96.7 Å². The second-order valence-corrected chi connectivity index (χ2v) is 5.45. The van der Waals surface area contributed by atoms with Crippen LogP contribution >= 0.6 is 11.8 Å². The minimum absolute atomic E-state index is 0.291. The number of carbonyl (C=O) groups is 1. The first kappa shape index (κ1) is 15.0. The summed E-state index contributed by atoms with van der Waals surface area (Å²) >= 11 is 1.59. The van der Waals surface area contributed by atoms with Crippen LogP contribution in [0.4, 0.5) is 0 Å². The molecule has 0 spiro atoms. The summed E-state index contributed by atoms with van der Waals surface area (Å²) < 4.78 is 0. The van der Waals surface area contributed by atoms with E-state index in [0.717, 1.165) is 36.7 Å². The molecule has 0 aromatic carbocycles. The molecule has 7 heteroatoms. The van der Waals surface area contributed by atoms with Gasteiger partial charge in [-0.15, -0.1) is 0 Å². The molecule has 1 heterocycles. The fourth-order valence-electron chi connectivity index (χ4n) is 1.56. The molecule has 18 heavy (non-hydrogen) atoms. The van der Waals surface area contributed by atoms with Gasteiger partial charge in [0.15, 0.2) is 5.16 Å². The molecule has 1 atom stereocenters. The number of aromatic nitrogens is 3. The lowest BCUT2D eigenvalue weighted by Gasteiger charge is -2.27. The molecular formula is C11H21N5OS. The van der Waals surface area contributed by atoms with Crippen LogP contribution in [0, 0.1) is 0 Å². The van der Waals surface area contributed by atoms with Gasteiger partial charge in [0.1, 0.15) is 6.33 Å². The number of thioether (sulfide) groups is 1. The second-order valence-electron chi connectivity index (χ2n) is 4.37. The van der Waals surface area contributed by atoms with Crippen molar-refractivity contribution in [1.82, 2.24) is 20.5 Å². The molecule has 1 rings (SSSR count). The van der Waals surface area contributed by atoms with Crippen LogP contribution in [0.15, 0.2) is 11.5 Å². The van der Waals surface area contributed by atoms with Gasteiger partial charge in [-0.25, -0.2) is 4.98 Å². The van der Waals surface area contributed by atoms with Crippen LogP contribution < -0.4 is 11.1 Å². The van der Waals surface area contributed by atoms with Crippen molar-refractivity contribution in [1.29, 1.82) is 0 Å². The van der Waals surface area contributed by atoms with Gasteiger partial charge < -0.3 is 11.1 Å². The summed E-state index contributed by atoms with van der Waals surface area (Å²) in [5.41, 5.74) is 4.84. The standard InChI is InChI=1S/C11H21N5OS/c1-3-6-14-11(2,9(12)17)5-4-7-18-10-13-8-15-16-10/h8,14H,3-7H2,1-2H3,(H2,12,17)(H,13,15,16). The molecular weight excluding hydrogens is 250 g/mol. The van der Waals surface area contributed by atoms with Crippen LogP contribution in [0.1, 0.15) is 33.1 Å². The van der Waals surface area contributed by atoms with Gasteiger partial charge in [-0.1, -0.05) is 18.7 Å². The third kappa shape index (κ3) is 4.66. The van der Waals surface area contributed by atoms with Gasteiger partial charge in [-0.2, -0.15) is 5.10 Å². The average Bonchev–Trinajstić information content (AvgIpc) is 2.85. The first-order valence-corrected chi connectivity index (χ1v) is 7.10. The van der Waals surface area contributed by atoms with Crippen LogP contribution in [0.5, 0.6) is 0 Å². The number of carbonyl (C=O) groups excluding carboxylic acids is 1. The number of hydrogen-bond donors (Lipinski definition) is 3. The Morgan fingerprint density at radius 2 is 2.44 bits per heavy atom. The summed E-state index contributed by atoms with van der Waals surface area (Å²) in [6.07, 6.45) is 4.08. The molecule has 0 aliphatic rings. The van der Waals surface area contributed by atoms with Crippen molar-refractivity contribution in [3.05, 3.63) is 6.33 Å². The molecule has 0 bridgehead atoms. The van der Waals surface area contributed by atoms with E-state index in [1.165, 1.54) is 6.33 Å². The van der Waals surface area contributed by atoms with E-state index >= 15 is 0 Å². The Labute approximate surface area is 112 Å². The van der Waals surface area contributed by atoms with Crippen molar-refractivity contribution in [3.8, 4) is 0 Å². The normalized spacial score (nSPS) is 14.3. The Bertz CT molecular complexity index is 356. The van der Waals surface area contributed by atoms with E-state index in [0.29, 0.717) is 0 Å². The van der Waals surface area contributed by atoms with E-state index in [-0.39, 0.29) is 5.91 Å². The van der Waals surface area contributed by atoms with E-state index in [9.17, 15) is 4.79 Å². The lowest BCUT2D eigenvalue weighted by Crippen LogP contribution is -2.53. The highest BCUT2D eigenvalue weighted by Crippen LogP contribution is 2.18. The lowest BCUT2D eigenvalue weighted by atomic mass is 9.95. The smallest absolute Gasteiger partial charge is 0.237 e. The Morgan fingerprint density at radius 1 is 1.67 bits per heavy atom. The monoisotopic (exact) mass is 271 g/mol. The molecule has 0 radical (unpaired) electrons. The Hall–Kier alpha value is -1.08. The van der Waals surface area contributed by atoms with Gasteiger partial charge in [-0.3, -0.25) is 9.89 Å². The number of nitrogens with two attached hydrogens (primary N) is 1. The van der Waals surface area contributed by atoms with E-state index in [1.807, 2.05) is 6.92 Å². The highest BCUT2D eigenvalue weighted by Gasteiger charge is 2.29. The van der Waals surface area contributed by atoms with Crippen LogP contribution in [0.3, 0.4) is 0 Å². The molecule has 0 aliphatic carbocycles. The number of amides is 1. The Kier molecular flexibility index (Phi) is 6.14. The molecule has 6 nitrogen and oxygen atoms in total. The van der Waals surface area contributed by atoms with Crippen molar-refractivity contribution in [3.63, 3.8) is 0 Å². The van der Waals surface area contributed by atoms with E-state index in [4.69, 9.17) is 5.73 Å². The fraction of sp³-hybridized carbons (Fsp3) is 0.727. The Morgan fingerprint density at radius 3 is 3.00 bits per heavy atom. The van der Waals surface area contributed by atoms with Crippen molar-refractivity contribution >= 4 is 17.7 Å². The van der Waals surface area contributed by atoms with Crippen molar-refractivity contribution in [2.24, 2.45) is 5.73 Å². The van der Waals surface area contributed by atoms with Gasteiger partial charge in [0.2, 0.25) is 5.91 Å². The summed E-state index contributed by atoms with van der Waals surface area (Å²) in [5, 5.41) is 10.6. The molecule has 1 amide bonds. The zero-order valence-electron chi connectivity index (χ0n) is 10.9. The van der Waals surface area contributed by atoms with E-state index in [2.05, 4.69) is 27.4 Å². The van der Waals surface area contributed by atoms with Gasteiger partial charge in [0, 0.05) is 5.75 Å². The summed E-state index contributed by atoms with van der Waals surface area (Å²) in [6.45, 7) is 4.73. The number of nitrogens with zero attached hydrogens (tertiary/aromatic N) is 2. The molecule has 0 fully saturated rings. The zero-order chi connectivity index (χ0) is 13.4. The number of rotatable bonds is 9. The van der Waals surface area contributed by atoms with Gasteiger partial charge in [-0.05, 0) is 32.7 Å². The van der Waals surface area contributed by atoms with Crippen LogP contribution in [-0.4, -0.2) is 38.9 Å². The molecule has 4 N–H and O–H groups in total. The van der Waals surface area contributed by atoms with Gasteiger partial charge >= 0.3 is 0 Å². The summed E-state index contributed by atoms with van der Waals surface area (Å²) in [7, 11) is 0. The minimum Gasteiger partial charge on any atom is -0.368 e. The van der Waals surface area contributed by atoms with Crippen molar-refractivity contribution < 1.29 is 4.79 Å². The molecule has 1 aromatic rings. The SMILES string of the molecule is CCCNC(C)(CCCSc1ncn[nH]1)C(N)=O. The largest absolute Gasteiger partial charge is 0.368 e. The summed E-state index contributed by atoms with van der Waals surface area (Å²) in [6, 6.07) is 0. The third-order valence-electron chi connectivity index (χ3n) is 2.76. The molecule has 0 saturated heterocycles. The van der Waals surface area contributed by atoms with Gasteiger partial charge in [0.05, 0.1) is 5.54 Å². The predicted octanol–water partition coefficient (Wildman–Crippen LogP) is 0.921. The molecule has 0 saturated carbocycles. The Balaban J connectivity index is 2.31. The average molecular weight is 271 g/mol. The van der Waals surface area contributed by atoms with E-state index in [1.54, 1.807) is 11.8 Å². The maximum Gasteiger partial charge on any atom is 0.237 e. The summed E-state index contributed by atoms with van der Waals surface area (Å²) in [4.78, 5) is 15.5. The number of primary amides is 1. The summed E-state index contributed by atoms with van der Waals surface area (Å²) in [5.74, 6) is 0.590. The predicted molar refractivity (Wildman–Crippen MR) is 72.2 cm³/mol. The van der Waals surface area contributed by atoms with Crippen LogP contribution in [0.25, 0.3) is 0 Å². The highest BCUT2D eigenvalue weighted by molar-refractivity contribution is 7.99. The first-order valence-electron chi connectivity index (χ1n) is 6.11.